The molecule has 2 unspecified atom stereocenters. The molecule has 33 heavy (non-hydrogen) atoms. The molecule has 3 heterocycles. The van der Waals surface area contributed by atoms with Gasteiger partial charge in [0.05, 0.1) is 35.3 Å². The SMILES string of the molecule is O=C(Nc1cnccc1C1CC(O)CC2(CC2)O1)c1ccc(F)c(-c2c(F)cccc2F)n1. The van der Waals surface area contributed by atoms with E-state index in [1.165, 1.54) is 6.20 Å². The number of halogens is 3. The van der Waals surface area contributed by atoms with Gasteiger partial charge in [0, 0.05) is 24.6 Å². The van der Waals surface area contributed by atoms with Gasteiger partial charge in [-0.3, -0.25) is 9.78 Å². The molecule has 5 rings (SSSR count). The van der Waals surface area contributed by atoms with Crippen LogP contribution in [0.5, 0.6) is 0 Å². The number of benzene rings is 1. The lowest BCUT2D eigenvalue weighted by molar-refractivity contribution is -0.113. The number of carbonyl (C=O) groups is 1. The molecule has 0 bridgehead atoms. The van der Waals surface area contributed by atoms with Crippen molar-refractivity contribution in [2.75, 3.05) is 5.32 Å². The molecule has 2 fully saturated rings. The van der Waals surface area contributed by atoms with E-state index in [9.17, 15) is 23.1 Å². The average molecular weight is 455 g/mol. The molecule has 1 saturated heterocycles. The van der Waals surface area contributed by atoms with Crippen LogP contribution in [0, 0.1) is 17.5 Å². The number of aliphatic hydroxyl groups excluding tert-OH is 1. The number of hydrogen-bond donors (Lipinski definition) is 2. The summed E-state index contributed by atoms with van der Waals surface area (Å²) in [5, 5.41) is 13.0. The number of aliphatic hydroxyl groups is 1. The van der Waals surface area contributed by atoms with E-state index in [0.29, 0.717) is 24.1 Å². The molecule has 1 aromatic carbocycles. The first kappa shape index (κ1) is 21.5. The van der Waals surface area contributed by atoms with E-state index in [1.54, 1.807) is 12.3 Å². The second-order valence-corrected chi connectivity index (χ2v) is 8.42. The van der Waals surface area contributed by atoms with Crippen LogP contribution >= 0.6 is 0 Å². The Morgan fingerprint density at radius 2 is 1.85 bits per heavy atom. The van der Waals surface area contributed by atoms with Crippen LogP contribution in [-0.4, -0.2) is 32.7 Å². The number of anilines is 1. The number of pyridine rings is 2. The minimum atomic E-state index is -0.990. The number of aromatic nitrogens is 2. The number of nitrogens with zero attached hydrogens (tertiary/aromatic N) is 2. The lowest BCUT2D eigenvalue weighted by Crippen LogP contribution is -2.33. The Morgan fingerprint density at radius 1 is 1.09 bits per heavy atom. The minimum absolute atomic E-state index is 0.230. The maximum Gasteiger partial charge on any atom is 0.274 e. The summed E-state index contributed by atoms with van der Waals surface area (Å²) < 4.78 is 48.9. The van der Waals surface area contributed by atoms with Gasteiger partial charge in [0.2, 0.25) is 0 Å². The van der Waals surface area contributed by atoms with Crippen LogP contribution < -0.4 is 5.32 Å². The molecule has 1 saturated carbocycles. The van der Waals surface area contributed by atoms with Crippen molar-refractivity contribution in [1.82, 2.24) is 9.97 Å². The van der Waals surface area contributed by atoms with Crippen molar-refractivity contribution in [1.29, 1.82) is 0 Å². The molecule has 2 N–H and O–H groups in total. The maximum absolute atomic E-state index is 14.4. The smallest absolute Gasteiger partial charge is 0.274 e. The topological polar surface area (TPSA) is 84.3 Å². The lowest BCUT2D eigenvalue weighted by Gasteiger charge is -2.34. The number of amides is 1. The molecule has 9 heteroatoms. The van der Waals surface area contributed by atoms with Gasteiger partial charge >= 0.3 is 0 Å². The van der Waals surface area contributed by atoms with Crippen LogP contribution in [0.2, 0.25) is 0 Å². The first-order valence-corrected chi connectivity index (χ1v) is 10.6. The first-order valence-electron chi connectivity index (χ1n) is 10.6. The van der Waals surface area contributed by atoms with Crippen molar-refractivity contribution in [3.05, 3.63) is 77.5 Å². The van der Waals surface area contributed by atoms with E-state index >= 15 is 0 Å². The summed E-state index contributed by atoms with van der Waals surface area (Å²) in [6.07, 6.45) is 4.77. The largest absolute Gasteiger partial charge is 0.393 e. The molecule has 1 spiro atoms. The van der Waals surface area contributed by atoms with Gasteiger partial charge in [0.15, 0.2) is 0 Å². The van der Waals surface area contributed by atoms with E-state index in [-0.39, 0.29) is 11.3 Å². The number of hydrogen-bond acceptors (Lipinski definition) is 5. The van der Waals surface area contributed by atoms with E-state index in [1.807, 2.05) is 0 Å². The molecule has 170 valence electrons. The lowest BCUT2D eigenvalue weighted by atomic mass is 9.94. The van der Waals surface area contributed by atoms with Crippen molar-refractivity contribution in [2.24, 2.45) is 0 Å². The summed E-state index contributed by atoms with van der Waals surface area (Å²) in [6, 6.07) is 6.89. The third-order valence-electron chi connectivity index (χ3n) is 6.02. The molecular formula is C24H20F3N3O3. The highest BCUT2D eigenvalue weighted by atomic mass is 19.1. The summed E-state index contributed by atoms with van der Waals surface area (Å²) >= 11 is 0. The molecule has 2 aliphatic rings. The second-order valence-electron chi connectivity index (χ2n) is 8.42. The Morgan fingerprint density at radius 3 is 2.58 bits per heavy atom. The molecule has 1 aliphatic heterocycles. The average Bonchev–Trinajstić information content (AvgIpc) is 3.52. The van der Waals surface area contributed by atoms with E-state index in [0.717, 1.165) is 43.2 Å². The highest BCUT2D eigenvalue weighted by Crippen LogP contribution is 2.52. The Hall–Kier alpha value is -3.30. The monoisotopic (exact) mass is 455 g/mol. The second kappa shape index (κ2) is 8.24. The zero-order chi connectivity index (χ0) is 23.2. The van der Waals surface area contributed by atoms with Gasteiger partial charge in [-0.1, -0.05) is 6.07 Å². The molecule has 2 aromatic heterocycles. The fourth-order valence-electron chi connectivity index (χ4n) is 4.25. The summed E-state index contributed by atoms with van der Waals surface area (Å²) in [5.74, 6) is -3.65. The highest BCUT2D eigenvalue weighted by Gasteiger charge is 2.50. The van der Waals surface area contributed by atoms with Crippen molar-refractivity contribution in [3.63, 3.8) is 0 Å². The van der Waals surface area contributed by atoms with Gasteiger partial charge in [-0.2, -0.15) is 0 Å². The molecule has 1 aliphatic carbocycles. The summed E-state index contributed by atoms with van der Waals surface area (Å²) in [5.41, 5.74) is -0.797. The van der Waals surface area contributed by atoms with Crippen LogP contribution in [0.1, 0.15) is 47.8 Å². The molecule has 1 amide bonds. The quantitative estimate of drug-likeness (QED) is 0.603. The third kappa shape index (κ3) is 4.21. The number of rotatable bonds is 4. The van der Waals surface area contributed by atoms with Gasteiger partial charge in [-0.05, 0) is 43.2 Å². The Labute approximate surface area is 187 Å². The molecule has 6 nitrogen and oxygen atoms in total. The van der Waals surface area contributed by atoms with Crippen LogP contribution in [0.15, 0.2) is 48.8 Å². The van der Waals surface area contributed by atoms with Crippen LogP contribution in [0.4, 0.5) is 18.9 Å². The summed E-state index contributed by atoms with van der Waals surface area (Å²) in [4.78, 5) is 20.9. The predicted octanol–water partition coefficient (Wildman–Crippen LogP) is 4.56. The van der Waals surface area contributed by atoms with Gasteiger partial charge in [0.25, 0.3) is 5.91 Å². The van der Waals surface area contributed by atoms with Crippen LogP contribution in [0.3, 0.4) is 0 Å². The highest BCUT2D eigenvalue weighted by molar-refractivity contribution is 6.03. The van der Waals surface area contributed by atoms with Crippen molar-refractivity contribution in [2.45, 2.75) is 43.5 Å². The zero-order valence-electron chi connectivity index (χ0n) is 17.4. The Bertz CT molecular complexity index is 1210. The van der Waals surface area contributed by atoms with E-state index in [2.05, 4.69) is 15.3 Å². The molecule has 0 radical (unpaired) electrons. The fourth-order valence-corrected chi connectivity index (χ4v) is 4.25. The summed E-state index contributed by atoms with van der Waals surface area (Å²) in [7, 11) is 0. The van der Waals surface area contributed by atoms with Gasteiger partial charge < -0.3 is 15.2 Å². The van der Waals surface area contributed by atoms with Crippen LogP contribution in [-0.2, 0) is 4.74 Å². The Kier molecular flexibility index (Phi) is 5.38. The van der Waals surface area contributed by atoms with Gasteiger partial charge in [-0.15, -0.1) is 0 Å². The van der Waals surface area contributed by atoms with Crippen molar-refractivity contribution >= 4 is 11.6 Å². The molecular weight excluding hydrogens is 435 g/mol. The fraction of sp³-hybridized carbons (Fsp3) is 0.292. The number of nitrogens with one attached hydrogen (secondary N) is 1. The van der Waals surface area contributed by atoms with Gasteiger partial charge in [-0.25, -0.2) is 18.2 Å². The standard InChI is InChI=1S/C24H20F3N3O3/c25-15-2-1-3-16(26)21(15)22-17(27)4-5-18(29-22)23(32)30-19-12-28-9-6-14(19)20-10-13(31)11-24(33-20)7-8-24/h1-6,9,12-13,20,31H,7-8,10-11H2,(H,30,32). The van der Waals surface area contributed by atoms with Crippen molar-refractivity contribution in [3.8, 4) is 11.3 Å². The summed E-state index contributed by atoms with van der Waals surface area (Å²) in [6.45, 7) is 0. The Balaban J connectivity index is 1.43. The number of carbonyl (C=O) groups excluding carboxylic acids is 1. The number of ether oxygens (including phenoxy) is 1. The van der Waals surface area contributed by atoms with Crippen molar-refractivity contribution < 1.29 is 27.8 Å². The molecule has 2 atom stereocenters. The molecule has 3 aromatic rings. The maximum atomic E-state index is 14.4. The third-order valence-corrected chi connectivity index (χ3v) is 6.02. The predicted molar refractivity (Wildman–Crippen MR) is 113 cm³/mol. The van der Waals surface area contributed by atoms with Gasteiger partial charge in [0.1, 0.15) is 28.8 Å². The normalized spacial score (nSPS) is 21.1. The zero-order valence-corrected chi connectivity index (χ0v) is 17.4. The van der Waals surface area contributed by atoms with E-state index in [4.69, 9.17) is 4.74 Å². The van der Waals surface area contributed by atoms with E-state index < -0.39 is 46.8 Å². The minimum Gasteiger partial charge on any atom is -0.393 e. The first-order chi connectivity index (χ1) is 15.8. The van der Waals surface area contributed by atoms with Crippen LogP contribution in [0.25, 0.3) is 11.3 Å².